The van der Waals surface area contributed by atoms with Gasteiger partial charge in [-0.15, -0.1) is 0 Å². The van der Waals surface area contributed by atoms with Crippen LogP contribution in [0.25, 0.3) is 10.8 Å². The van der Waals surface area contributed by atoms with Gasteiger partial charge >= 0.3 is 0 Å². The van der Waals surface area contributed by atoms with Crippen molar-refractivity contribution in [2.24, 2.45) is 0 Å². The second-order valence-corrected chi connectivity index (χ2v) is 7.14. The first kappa shape index (κ1) is 15.8. The minimum absolute atomic E-state index is 0.280. The van der Waals surface area contributed by atoms with Crippen LogP contribution < -0.4 is 5.32 Å². The lowest BCUT2D eigenvalue weighted by Gasteiger charge is -2.35. The summed E-state index contributed by atoms with van der Waals surface area (Å²) in [5, 5.41) is 5.89. The summed E-state index contributed by atoms with van der Waals surface area (Å²) in [7, 11) is 0. The van der Waals surface area contributed by atoms with E-state index >= 15 is 0 Å². The molecule has 1 N–H and O–H groups in total. The number of piperazine rings is 1. The lowest BCUT2D eigenvalue weighted by atomic mass is 9.95. The zero-order valence-electron chi connectivity index (χ0n) is 13.5. The topological polar surface area (TPSA) is 28.2 Å². The first-order valence-corrected chi connectivity index (χ1v) is 9.14. The number of fused-ring (bicyclic) bond motifs is 1. The van der Waals surface area contributed by atoms with Crippen molar-refractivity contribution >= 4 is 26.7 Å². The van der Waals surface area contributed by atoms with Crippen LogP contribution in [0.1, 0.15) is 17.2 Å². The summed E-state index contributed by atoms with van der Waals surface area (Å²) in [4.78, 5) is 6.79. The van der Waals surface area contributed by atoms with Crippen molar-refractivity contribution in [3.8, 4) is 0 Å². The molecule has 0 aliphatic carbocycles. The molecule has 1 atom stereocenters. The van der Waals surface area contributed by atoms with E-state index < -0.39 is 0 Å². The Labute approximate surface area is 150 Å². The highest BCUT2D eigenvalue weighted by Gasteiger charge is 2.24. The molecule has 0 bridgehead atoms. The molecule has 4 heteroatoms. The van der Waals surface area contributed by atoms with Crippen LogP contribution in [-0.4, -0.2) is 36.1 Å². The number of hydrogen-bond donors (Lipinski definition) is 1. The second-order valence-electron chi connectivity index (χ2n) is 6.23. The molecule has 3 aromatic rings. The summed E-state index contributed by atoms with van der Waals surface area (Å²) in [5.74, 6) is 0. The molecular formula is C20H20BrN3. The van der Waals surface area contributed by atoms with Crippen LogP contribution in [0.15, 0.2) is 65.4 Å². The number of pyridine rings is 1. The summed E-state index contributed by atoms with van der Waals surface area (Å²) in [5.41, 5.74) is 2.67. The molecule has 1 unspecified atom stereocenters. The molecule has 0 radical (unpaired) electrons. The lowest BCUT2D eigenvalue weighted by Crippen LogP contribution is -2.45. The maximum absolute atomic E-state index is 4.22. The highest BCUT2D eigenvalue weighted by Crippen LogP contribution is 2.32. The Kier molecular flexibility index (Phi) is 4.60. The number of nitrogens with zero attached hydrogens (tertiary/aromatic N) is 2. The van der Waals surface area contributed by atoms with Crippen molar-refractivity contribution in [2.45, 2.75) is 6.04 Å². The van der Waals surface area contributed by atoms with E-state index in [1.54, 1.807) is 0 Å². The average molecular weight is 382 g/mol. The van der Waals surface area contributed by atoms with Gasteiger partial charge in [-0.05, 0) is 40.8 Å². The van der Waals surface area contributed by atoms with Gasteiger partial charge in [-0.2, -0.15) is 0 Å². The number of rotatable bonds is 3. The fraction of sp³-hybridized carbons (Fsp3) is 0.250. The van der Waals surface area contributed by atoms with E-state index in [9.17, 15) is 0 Å². The molecule has 1 fully saturated rings. The normalized spacial score (nSPS) is 17.0. The van der Waals surface area contributed by atoms with Gasteiger partial charge in [0.2, 0.25) is 0 Å². The van der Waals surface area contributed by atoms with Gasteiger partial charge in [-0.1, -0.05) is 40.2 Å². The number of aromatic nitrogens is 1. The van der Waals surface area contributed by atoms with Crippen LogP contribution >= 0.6 is 15.9 Å². The summed E-state index contributed by atoms with van der Waals surface area (Å²) in [6, 6.07) is 17.8. The van der Waals surface area contributed by atoms with Crippen molar-refractivity contribution in [3.05, 3.63) is 76.5 Å². The van der Waals surface area contributed by atoms with Crippen molar-refractivity contribution in [1.82, 2.24) is 15.2 Å². The fourth-order valence-corrected chi connectivity index (χ4v) is 3.92. The van der Waals surface area contributed by atoms with Gasteiger partial charge in [0.05, 0.1) is 6.04 Å². The fourth-order valence-electron chi connectivity index (χ4n) is 3.50. The van der Waals surface area contributed by atoms with E-state index in [4.69, 9.17) is 0 Å². The second kappa shape index (κ2) is 7.01. The van der Waals surface area contributed by atoms with Gasteiger partial charge in [0.1, 0.15) is 0 Å². The van der Waals surface area contributed by atoms with Crippen molar-refractivity contribution in [3.63, 3.8) is 0 Å². The van der Waals surface area contributed by atoms with Gasteiger partial charge in [0.25, 0.3) is 0 Å². The van der Waals surface area contributed by atoms with Crippen LogP contribution in [0.2, 0.25) is 0 Å². The van der Waals surface area contributed by atoms with E-state index in [0.29, 0.717) is 0 Å². The van der Waals surface area contributed by atoms with Crippen molar-refractivity contribution in [1.29, 1.82) is 0 Å². The van der Waals surface area contributed by atoms with E-state index in [2.05, 4.69) is 79.7 Å². The van der Waals surface area contributed by atoms with Crippen LogP contribution in [0.5, 0.6) is 0 Å². The molecular weight excluding hydrogens is 362 g/mol. The molecule has 0 saturated carbocycles. The molecule has 4 rings (SSSR count). The molecule has 0 amide bonds. The van der Waals surface area contributed by atoms with E-state index in [1.807, 2.05) is 12.4 Å². The van der Waals surface area contributed by atoms with E-state index in [-0.39, 0.29) is 6.04 Å². The van der Waals surface area contributed by atoms with Crippen molar-refractivity contribution < 1.29 is 0 Å². The largest absolute Gasteiger partial charge is 0.314 e. The third-order valence-corrected chi connectivity index (χ3v) is 5.15. The molecule has 1 saturated heterocycles. The van der Waals surface area contributed by atoms with Gasteiger partial charge in [0, 0.05) is 48.4 Å². The number of nitrogens with one attached hydrogen (secondary N) is 1. The maximum Gasteiger partial charge on any atom is 0.0603 e. The number of benzene rings is 2. The molecule has 2 aromatic carbocycles. The van der Waals surface area contributed by atoms with E-state index in [0.717, 1.165) is 30.7 Å². The third-order valence-electron chi connectivity index (χ3n) is 4.66. The molecule has 2 heterocycles. The zero-order chi connectivity index (χ0) is 16.4. The summed E-state index contributed by atoms with van der Waals surface area (Å²) < 4.78 is 1.13. The van der Waals surface area contributed by atoms with Crippen LogP contribution in [0.4, 0.5) is 0 Å². The molecule has 122 valence electrons. The molecule has 24 heavy (non-hydrogen) atoms. The minimum atomic E-state index is 0.280. The Balaban J connectivity index is 1.80. The van der Waals surface area contributed by atoms with E-state index in [1.165, 1.54) is 21.9 Å². The molecule has 1 aromatic heterocycles. The van der Waals surface area contributed by atoms with Gasteiger partial charge in [0.15, 0.2) is 0 Å². The Bertz CT molecular complexity index is 843. The standard InChI is InChI=1S/C20H20BrN3/c21-19-3-1-2-16(13-19)20(24-10-8-22-9-11-24)17-4-5-18-14-23-7-6-15(18)12-17/h1-7,12-14,20,22H,8-11H2. The predicted molar refractivity (Wildman–Crippen MR) is 102 cm³/mol. The minimum Gasteiger partial charge on any atom is -0.314 e. The van der Waals surface area contributed by atoms with Crippen molar-refractivity contribution in [2.75, 3.05) is 26.2 Å². The molecule has 3 nitrogen and oxygen atoms in total. The highest BCUT2D eigenvalue weighted by atomic mass is 79.9. The smallest absolute Gasteiger partial charge is 0.0603 e. The Morgan fingerprint density at radius 1 is 0.958 bits per heavy atom. The van der Waals surface area contributed by atoms with Gasteiger partial charge in [-0.25, -0.2) is 0 Å². The third kappa shape index (κ3) is 3.22. The molecule has 0 spiro atoms. The van der Waals surface area contributed by atoms with Gasteiger partial charge < -0.3 is 5.32 Å². The number of halogens is 1. The highest BCUT2D eigenvalue weighted by molar-refractivity contribution is 9.10. The quantitative estimate of drug-likeness (QED) is 0.743. The first-order chi connectivity index (χ1) is 11.8. The SMILES string of the molecule is Brc1cccc(C(c2ccc3cnccc3c2)N2CCNCC2)c1. The predicted octanol–water partition coefficient (Wildman–Crippen LogP) is 3.99. The van der Waals surface area contributed by atoms with Crippen LogP contribution in [0.3, 0.4) is 0 Å². The van der Waals surface area contributed by atoms with Crippen LogP contribution in [-0.2, 0) is 0 Å². The molecule has 1 aliphatic heterocycles. The molecule has 1 aliphatic rings. The van der Waals surface area contributed by atoms with Gasteiger partial charge in [-0.3, -0.25) is 9.88 Å². The maximum atomic E-state index is 4.22. The lowest BCUT2D eigenvalue weighted by molar-refractivity contribution is 0.198. The summed E-state index contributed by atoms with van der Waals surface area (Å²) in [6.45, 7) is 4.21. The Morgan fingerprint density at radius 3 is 2.62 bits per heavy atom. The summed E-state index contributed by atoms with van der Waals surface area (Å²) >= 11 is 3.63. The zero-order valence-corrected chi connectivity index (χ0v) is 15.0. The summed E-state index contributed by atoms with van der Waals surface area (Å²) in [6.07, 6.45) is 3.79. The average Bonchev–Trinajstić information content (AvgIpc) is 2.63. The Hall–Kier alpha value is -1.75. The monoisotopic (exact) mass is 381 g/mol. The first-order valence-electron chi connectivity index (χ1n) is 8.35. The Morgan fingerprint density at radius 2 is 1.79 bits per heavy atom. The van der Waals surface area contributed by atoms with Crippen LogP contribution in [0, 0.1) is 0 Å². The number of hydrogen-bond acceptors (Lipinski definition) is 3.